The van der Waals surface area contributed by atoms with Crippen molar-refractivity contribution in [1.29, 1.82) is 0 Å². The number of hydrogen-bond acceptors (Lipinski definition) is 3. The molecule has 86 valence electrons. The topological polar surface area (TPSA) is 52.0 Å². The van der Waals surface area contributed by atoms with Gasteiger partial charge in [0.15, 0.2) is 11.5 Å². The van der Waals surface area contributed by atoms with Gasteiger partial charge in [0, 0.05) is 12.1 Å². The average molecular weight is 218 g/mol. The zero-order chi connectivity index (χ0) is 11.9. The molecule has 0 radical (unpaired) electrons. The molecular weight excluding hydrogens is 200 g/mol. The van der Waals surface area contributed by atoms with Crippen molar-refractivity contribution in [2.24, 2.45) is 5.41 Å². The smallest absolute Gasteiger partial charge is 0.196 e. The summed E-state index contributed by atoms with van der Waals surface area (Å²) >= 11 is 0. The molecule has 2 rings (SSSR count). The molecule has 0 unspecified atom stereocenters. The van der Waals surface area contributed by atoms with Gasteiger partial charge in [-0.3, -0.25) is 0 Å². The first-order valence-electron chi connectivity index (χ1n) is 5.51. The number of rotatable bonds is 1. The van der Waals surface area contributed by atoms with Gasteiger partial charge >= 0.3 is 0 Å². The zero-order valence-corrected chi connectivity index (χ0v) is 10.3. The van der Waals surface area contributed by atoms with Crippen LogP contribution in [0.25, 0.3) is 11.1 Å². The van der Waals surface area contributed by atoms with Crippen molar-refractivity contribution in [3.05, 3.63) is 23.6 Å². The highest BCUT2D eigenvalue weighted by atomic mass is 16.3. The zero-order valence-electron chi connectivity index (χ0n) is 10.3. The van der Waals surface area contributed by atoms with Crippen LogP contribution in [-0.4, -0.2) is 4.98 Å². The highest BCUT2D eigenvalue weighted by Gasteiger charge is 2.16. The molecule has 0 aliphatic carbocycles. The van der Waals surface area contributed by atoms with E-state index in [1.165, 1.54) is 0 Å². The minimum absolute atomic E-state index is 0.181. The minimum atomic E-state index is 0.181. The van der Waals surface area contributed by atoms with E-state index in [2.05, 4.69) is 25.8 Å². The predicted octanol–water partition coefficient (Wildman–Crippen LogP) is 3.31. The summed E-state index contributed by atoms with van der Waals surface area (Å²) in [7, 11) is 0. The van der Waals surface area contributed by atoms with E-state index in [4.69, 9.17) is 10.2 Å². The second-order valence-electron chi connectivity index (χ2n) is 5.53. The Morgan fingerprint density at radius 2 is 2.00 bits per heavy atom. The van der Waals surface area contributed by atoms with Crippen molar-refractivity contribution in [1.82, 2.24) is 4.98 Å². The lowest BCUT2D eigenvalue weighted by Crippen LogP contribution is -2.09. The maximum Gasteiger partial charge on any atom is 0.196 e. The van der Waals surface area contributed by atoms with Gasteiger partial charge in [0.05, 0.1) is 0 Å². The van der Waals surface area contributed by atoms with Crippen LogP contribution in [0.3, 0.4) is 0 Å². The third-order valence-corrected chi connectivity index (χ3v) is 2.42. The molecule has 0 fully saturated rings. The van der Waals surface area contributed by atoms with E-state index in [0.717, 1.165) is 34.7 Å². The summed E-state index contributed by atoms with van der Waals surface area (Å²) in [5.41, 5.74) is 9.45. The molecule has 0 amide bonds. The number of aromatic nitrogens is 1. The van der Waals surface area contributed by atoms with E-state index in [1.807, 2.05) is 19.1 Å². The van der Waals surface area contributed by atoms with Crippen molar-refractivity contribution in [3.63, 3.8) is 0 Å². The maximum absolute atomic E-state index is 5.78. The van der Waals surface area contributed by atoms with Crippen LogP contribution in [0.1, 0.15) is 32.2 Å². The average Bonchev–Trinajstić information content (AvgIpc) is 2.43. The fourth-order valence-electron chi connectivity index (χ4n) is 1.80. The molecule has 1 heterocycles. The summed E-state index contributed by atoms with van der Waals surface area (Å²) in [5, 5.41) is 0. The van der Waals surface area contributed by atoms with Gasteiger partial charge in [-0.15, -0.1) is 0 Å². The molecule has 3 heteroatoms. The first-order chi connectivity index (χ1) is 7.35. The molecule has 3 nitrogen and oxygen atoms in total. The number of nitrogen functional groups attached to an aromatic ring is 1. The molecule has 0 saturated carbocycles. The van der Waals surface area contributed by atoms with Crippen molar-refractivity contribution in [3.8, 4) is 0 Å². The van der Waals surface area contributed by atoms with Gasteiger partial charge in [-0.2, -0.15) is 0 Å². The molecule has 0 saturated heterocycles. The Kier molecular flexibility index (Phi) is 2.41. The van der Waals surface area contributed by atoms with Crippen LogP contribution in [0, 0.1) is 12.3 Å². The van der Waals surface area contributed by atoms with Crippen LogP contribution in [0.5, 0.6) is 0 Å². The third-order valence-electron chi connectivity index (χ3n) is 2.42. The predicted molar refractivity (Wildman–Crippen MR) is 66.3 cm³/mol. The molecule has 2 N–H and O–H groups in total. The quantitative estimate of drug-likeness (QED) is 0.747. The van der Waals surface area contributed by atoms with E-state index in [1.54, 1.807) is 0 Å². The van der Waals surface area contributed by atoms with Crippen LogP contribution in [0.2, 0.25) is 0 Å². The van der Waals surface area contributed by atoms with E-state index >= 15 is 0 Å². The van der Waals surface area contributed by atoms with Gasteiger partial charge in [-0.25, -0.2) is 4.98 Å². The number of anilines is 1. The Hall–Kier alpha value is -1.51. The number of aryl methyl sites for hydroxylation is 1. The van der Waals surface area contributed by atoms with Gasteiger partial charge in [0.25, 0.3) is 0 Å². The SMILES string of the molecule is Cc1cc(N)cc2nc(CC(C)(C)C)oc12. The molecule has 1 aromatic carbocycles. The summed E-state index contributed by atoms with van der Waals surface area (Å²) in [5.74, 6) is 0.788. The Morgan fingerprint density at radius 1 is 1.31 bits per heavy atom. The molecule has 0 aliphatic heterocycles. The molecule has 0 aliphatic rings. The number of nitrogens with two attached hydrogens (primary N) is 1. The van der Waals surface area contributed by atoms with Gasteiger partial charge in [-0.1, -0.05) is 20.8 Å². The van der Waals surface area contributed by atoms with Crippen LogP contribution in [0.4, 0.5) is 5.69 Å². The lowest BCUT2D eigenvalue weighted by molar-refractivity contribution is 0.361. The molecule has 1 aromatic heterocycles. The number of hydrogen-bond donors (Lipinski definition) is 1. The maximum atomic E-state index is 5.78. The fraction of sp³-hybridized carbons (Fsp3) is 0.462. The minimum Gasteiger partial charge on any atom is -0.440 e. The number of benzene rings is 1. The summed E-state index contributed by atoms with van der Waals surface area (Å²) in [6, 6.07) is 3.77. The largest absolute Gasteiger partial charge is 0.440 e. The summed E-state index contributed by atoms with van der Waals surface area (Å²) in [4.78, 5) is 4.47. The third kappa shape index (κ3) is 2.18. The highest BCUT2D eigenvalue weighted by molar-refractivity contribution is 5.80. The summed E-state index contributed by atoms with van der Waals surface area (Å²) in [6.07, 6.45) is 0.834. The van der Waals surface area contributed by atoms with Crippen LogP contribution >= 0.6 is 0 Å². The van der Waals surface area contributed by atoms with Crippen LogP contribution < -0.4 is 5.73 Å². The first-order valence-corrected chi connectivity index (χ1v) is 5.51. The fourth-order valence-corrected chi connectivity index (χ4v) is 1.80. The molecule has 16 heavy (non-hydrogen) atoms. The van der Waals surface area contributed by atoms with Crippen LogP contribution in [0.15, 0.2) is 16.5 Å². The van der Waals surface area contributed by atoms with E-state index in [-0.39, 0.29) is 5.41 Å². The normalized spacial score (nSPS) is 12.2. The molecule has 2 aromatic rings. The monoisotopic (exact) mass is 218 g/mol. The highest BCUT2D eigenvalue weighted by Crippen LogP contribution is 2.26. The standard InChI is InChI=1S/C13H18N2O/c1-8-5-9(14)6-10-12(8)16-11(15-10)7-13(2,3)4/h5-6H,7,14H2,1-4H3. The van der Waals surface area contributed by atoms with Crippen molar-refractivity contribution in [2.75, 3.05) is 5.73 Å². The summed E-state index contributed by atoms with van der Waals surface area (Å²) < 4.78 is 5.76. The molecule has 0 spiro atoms. The Labute approximate surface area is 95.7 Å². The van der Waals surface area contributed by atoms with Gasteiger partial charge in [-0.05, 0) is 30.0 Å². The Balaban J connectivity index is 2.48. The second kappa shape index (κ2) is 3.51. The number of nitrogens with zero attached hydrogens (tertiary/aromatic N) is 1. The lowest BCUT2D eigenvalue weighted by Gasteiger charge is -2.14. The number of oxazole rings is 1. The van der Waals surface area contributed by atoms with E-state index < -0.39 is 0 Å². The van der Waals surface area contributed by atoms with Gasteiger partial charge < -0.3 is 10.2 Å². The Bertz CT molecular complexity index is 520. The second-order valence-corrected chi connectivity index (χ2v) is 5.53. The van der Waals surface area contributed by atoms with Crippen LogP contribution in [-0.2, 0) is 6.42 Å². The Morgan fingerprint density at radius 3 is 2.62 bits per heavy atom. The number of fused-ring (bicyclic) bond motifs is 1. The van der Waals surface area contributed by atoms with Crippen molar-refractivity contribution in [2.45, 2.75) is 34.1 Å². The molecule has 0 atom stereocenters. The summed E-state index contributed by atoms with van der Waals surface area (Å²) in [6.45, 7) is 8.50. The molecule has 0 bridgehead atoms. The van der Waals surface area contributed by atoms with E-state index in [0.29, 0.717) is 0 Å². The van der Waals surface area contributed by atoms with Crippen molar-refractivity contribution >= 4 is 16.8 Å². The van der Waals surface area contributed by atoms with Crippen molar-refractivity contribution < 1.29 is 4.42 Å². The van der Waals surface area contributed by atoms with Gasteiger partial charge in [0.2, 0.25) is 0 Å². The first kappa shape index (κ1) is 11.0. The lowest BCUT2D eigenvalue weighted by atomic mass is 9.92. The molecular formula is C13H18N2O. The van der Waals surface area contributed by atoms with Gasteiger partial charge in [0.1, 0.15) is 5.52 Å². The van der Waals surface area contributed by atoms with E-state index in [9.17, 15) is 0 Å².